The molecule has 0 rings (SSSR count). The number of allylic oxidation sites excluding steroid dienone is 2. The summed E-state index contributed by atoms with van der Waals surface area (Å²) in [5.74, 6) is -0.274. The van der Waals surface area contributed by atoms with Gasteiger partial charge in [-0.15, -0.1) is 0 Å². The molecule has 0 bridgehead atoms. The van der Waals surface area contributed by atoms with Crippen LogP contribution in [0, 0.1) is 0 Å². The van der Waals surface area contributed by atoms with Gasteiger partial charge < -0.3 is 20.6 Å². The number of carbonyl (C=O) groups excluding carboxylic acids is 1. The molecule has 0 fully saturated rings. The highest BCUT2D eigenvalue weighted by molar-refractivity contribution is 5.76. The SMILES string of the molecule is CCCCCCCCCCCCCCCCCC/C=C\CCCCCCCCCCCCCCCCCC(O)CC(=O)NC(CO)C(O)CCCCCCCCCCCCCCCCCCCCCCCCCCC. The van der Waals surface area contributed by atoms with E-state index in [9.17, 15) is 20.1 Å². The molecule has 0 aromatic heterocycles. The number of carbonyl (C=O) groups is 1. The Hall–Kier alpha value is -0.910. The normalized spacial score (nSPS) is 13.1. The van der Waals surface area contributed by atoms with E-state index in [1.54, 1.807) is 0 Å². The first kappa shape index (κ1) is 74.1. The lowest BCUT2D eigenvalue weighted by Crippen LogP contribution is -2.46. The Bertz CT molecular complexity index is 1080. The lowest BCUT2D eigenvalue weighted by molar-refractivity contribution is -0.125. The Balaban J connectivity index is 3.44. The lowest BCUT2D eigenvalue weighted by atomic mass is 10.0. The standard InChI is InChI=1S/C70H139NO4/c1-3-5-7-9-11-13-15-17-19-21-23-25-27-29-30-31-32-33-34-35-36-37-38-40-41-43-45-47-49-51-53-55-57-59-61-63-67(73)65-70(75)71-68(66-72)69(74)64-62-60-58-56-54-52-50-48-46-44-42-39-28-26-24-22-20-18-16-14-12-10-8-6-4-2/h33-34,67-69,72-74H,3-32,35-66H2,1-2H3,(H,71,75)/b34-33-. The van der Waals surface area contributed by atoms with Crippen LogP contribution in [0.15, 0.2) is 12.2 Å². The van der Waals surface area contributed by atoms with Gasteiger partial charge in [-0.2, -0.15) is 0 Å². The molecule has 0 saturated heterocycles. The van der Waals surface area contributed by atoms with E-state index in [-0.39, 0.29) is 18.9 Å². The van der Waals surface area contributed by atoms with Gasteiger partial charge in [0.25, 0.3) is 0 Å². The fourth-order valence-electron chi connectivity index (χ4n) is 11.5. The topological polar surface area (TPSA) is 89.8 Å². The van der Waals surface area contributed by atoms with Crippen LogP contribution < -0.4 is 5.32 Å². The smallest absolute Gasteiger partial charge is 0.222 e. The molecule has 0 saturated carbocycles. The molecular formula is C70H139NO4. The molecule has 0 aromatic rings. The third kappa shape index (κ3) is 62.2. The highest BCUT2D eigenvalue weighted by Crippen LogP contribution is 2.20. The summed E-state index contributed by atoms with van der Waals surface area (Å²) in [6.45, 7) is 4.32. The summed E-state index contributed by atoms with van der Waals surface area (Å²) in [5, 5.41) is 33.8. The van der Waals surface area contributed by atoms with Crippen molar-refractivity contribution in [1.29, 1.82) is 0 Å². The molecule has 0 radical (unpaired) electrons. The minimum Gasteiger partial charge on any atom is -0.394 e. The number of nitrogens with one attached hydrogen (secondary N) is 1. The summed E-state index contributed by atoms with van der Waals surface area (Å²) < 4.78 is 0. The summed E-state index contributed by atoms with van der Waals surface area (Å²) in [6.07, 6.45) is 84.4. The van der Waals surface area contributed by atoms with Crippen molar-refractivity contribution >= 4 is 5.91 Å². The van der Waals surface area contributed by atoms with E-state index in [0.29, 0.717) is 12.8 Å². The van der Waals surface area contributed by atoms with Gasteiger partial charge in [0.2, 0.25) is 5.91 Å². The molecule has 0 spiro atoms. The monoisotopic (exact) mass is 1060 g/mol. The van der Waals surface area contributed by atoms with Gasteiger partial charge in [-0.05, 0) is 38.5 Å². The molecule has 3 unspecified atom stereocenters. The second-order valence-electron chi connectivity index (χ2n) is 24.5. The molecule has 5 heteroatoms. The molecule has 0 aliphatic rings. The second kappa shape index (κ2) is 65.6. The number of aliphatic hydroxyl groups excluding tert-OH is 3. The maximum Gasteiger partial charge on any atom is 0.222 e. The van der Waals surface area contributed by atoms with E-state index in [2.05, 4.69) is 31.3 Å². The fraction of sp³-hybridized carbons (Fsp3) is 0.957. The molecule has 0 aromatic carbocycles. The Kier molecular flexibility index (Phi) is 64.8. The van der Waals surface area contributed by atoms with E-state index in [4.69, 9.17) is 0 Å². The maximum atomic E-state index is 12.6. The molecule has 5 nitrogen and oxygen atoms in total. The van der Waals surface area contributed by atoms with Gasteiger partial charge >= 0.3 is 0 Å². The largest absolute Gasteiger partial charge is 0.394 e. The van der Waals surface area contributed by atoms with Gasteiger partial charge in [-0.1, -0.05) is 373 Å². The molecular weight excluding hydrogens is 919 g/mol. The zero-order chi connectivity index (χ0) is 54.3. The first-order valence-electron chi connectivity index (χ1n) is 35.0. The first-order valence-corrected chi connectivity index (χ1v) is 35.0. The van der Waals surface area contributed by atoms with Gasteiger partial charge in [-0.3, -0.25) is 4.79 Å². The Morgan fingerprint density at radius 1 is 0.320 bits per heavy atom. The molecule has 0 aliphatic carbocycles. The van der Waals surface area contributed by atoms with Crippen molar-refractivity contribution in [2.75, 3.05) is 6.61 Å². The Morgan fingerprint density at radius 3 is 0.773 bits per heavy atom. The van der Waals surface area contributed by atoms with E-state index in [1.807, 2.05) is 0 Å². The van der Waals surface area contributed by atoms with Crippen LogP contribution in [-0.2, 0) is 4.79 Å². The zero-order valence-electron chi connectivity index (χ0n) is 51.5. The van der Waals surface area contributed by atoms with E-state index >= 15 is 0 Å². The number of amides is 1. The van der Waals surface area contributed by atoms with Crippen molar-refractivity contribution in [3.63, 3.8) is 0 Å². The maximum absolute atomic E-state index is 12.6. The second-order valence-corrected chi connectivity index (χ2v) is 24.5. The van der Waals surface area contributed by atoms with Crippen molar-refractivity contribution in [2.45, 2.75) is 424 Å². The lowest BCUT2D eigenvalue weighted by Gasteiger charge is -2.23. The minimum atomic E-state index is -0.749. The van der Waals surface area contributed by atoms with Crippen LogP contribution in [0.25, 0.3) is 0 Å². The Labute approximate surface area is 471 Å². The number of aliphatic hydroxyl groups is 3. The van der Waals surface area contributed by atoms with Gasteiger partial charge in [0.05, 0.1) is 31.3 Å². The van der Waals surface area contributed by atoms with E-state index < -0.39 is 18.2 Å². The van der Waals surface area contributed by atoms with Crippen molar-refractivity contribution < 1.29 is 20.1 Å². The molecule has 0 aliphatic heterocycles. The van der Waals surface area contributed by atoms with Crippen LogP contribution in [-0.4, -0.2) is 46.1 Å². The van der Waals surface area contributed by atoms with Crippen LogP contribution in [0.4, 0.5) is 0 Å². The summed E-state index contributed by atoms with van der Waals surface area (Å²) in [5.41, 5.74) is 0. The average molecular weight is 1060 g/mol. The van der Waals surface area contributed by atoms with Crippen molar-refractivity contribution in [3.05, 3.63) is 12.2 Å². The summed E-state index contributed by atoms with van der Waals surface area (Å²) >= 11 is 0. The van der Waals surface area contributed by atoms with Gasteiger partial charge in [0.1, 0.15) is 0 Å². The van der Waals surface area contributed by atoms with Crippen LogP contribution in [0.3, 0.4) is 0 Å². The summed E-state index contributed by atoms with van der Waals surface area (Å²) in [7, 11) is 0. The quantitative estimate of drug-likeness (QED) is 0.0361. The number of hydrogen-bond donors (Lipinski definition) is 4. The molecule has 3 atom stereocenters. The minimum absolute atomic E-state index is 0.0417. The van der Waals surface area contributed by atoms with Gasteiger partial charge in [0.15, 0.2) is 0 Å². The fourth-order valence-corrected chi connectivity index (χ4v) is 11.5. The molecule has 448 valence electrons. The van der Waals surface area contributed by atoms with Crippen molar-refractivity contribution in [1.82, 2.24) is 5.32 Å². The molecule has 4 N–H and O–H groups in total. The van der Waals surface area contributed by atoms with Crippen LogP contribution in [0.2, 0.25) is 0 Å². The van der Waals surface area contributed by atoms with E-state index in [1.165, 1.54) is 347 Å². The number of rotatable bonds is 66. The third-order valence-electron chi connectivity index (χ3n) is 16.8. The first-order chi connectivity index (χ1) is 37.0. The van der Waals surface area contributed by atoms with Gasteiger partial charge in [0, 0.05) is 0 Å². The van der Waals surface area contributed by atoms with E-state index in [0.717, 1.165) is 25.7 Å². The predicted molar refractivity (Wildman–Crippen MR) is 333 cm³/mol. The zero-order valence-corrected chi connectivity index (χ0v) is 51.5. The average Bonchev–Trinajstić information content (AvgIpc) is 3.41. The highest BCUT2D eigenvalue weighted by Gasteiger charge is 2.21. The Morgan fingerprint density at radius 2 is 0.533 bits per heavy atom. The molecule has 1 amide bonds. The molecule has 75 heavy (non-hydrogen) atoms. The van der Waals surface area contributed by atoms with Crippen LogP contribution >= 0.6 is 0 Å². The number of unbranched alkanes of at least 4 members (excludes halogenated alkanes) is 55. The van der Waals surface area contributed by atoms with Gasteiger partial charge in [-0.25, -0.2) is 0 Å². The summed E-state index contributed by atoms with van der Waals surface area (Å²) in [6, 6.07) is -0.657. The van der Waals surface area contributed by atoms with Crippen LogP contribution in [0.1, 0.15) is 406 Å². The highest BCUT2D eigenvalue weighted by atomic mass is 16.3. The van der Waals surface area contributed by atoms with Crippen molar-refractivity contribution in [2.24, 2.45) is 0 Å². The van der Waals surface area contributed by atoms with Crippen LogP contribution in [0.5, 0.6) is 0 Å². The number of hydrogen-bond acceptors (Lipinski definition) is 4. The molecule has 0 heterocycles. The van der Waals surface area contributed by atoms with Crippen molar-refractivity contribution in [3.8, 4) is 0 Å². The predicted octanol–water partition coefficient (Wildman–Crippen LogP) is 22.6. The summed E-state index contributed by atoms with van der Waals surface area (Å²) in [4.78, 5) is 12.6. The third-order valence-corrected chi connectivity index (χ3v) is 16.8.